The first kappa shape index (κ1) is 29.3. The van der Waals surface area contributed by atoms with Gasteiger partial charge < -0.3 is 84.2 Å². The van der Waals surface area contributed by atoms with Gasteiger partial charge in [0.2, 0.25) is 0 Å². The van der Waals surface area contributed by atoms with E-state index in [2.05, 4.69) is 0 Å². The van der Waals surface area contributed by atoms with E-state index in [0.717, 1.165) is 0 Å². The van der Waals surface area contributed by atoms with Gasteiger partial charge in [0, 0.05) is 0 Å². The molecule has 0 aliphatic carbocycles. The van der Waals surface area contributed by atoms with E-state index in [9.17, 15) is 51.1 Å². The Hall–Kier alpha value is -0.680. The molecule has 0 aromatic carbocycles. The minimum atomic E-state index is -1.72. The van der Waals surface area contributed by atoms with Gasteiger partial charge in [-0.05, 0) is 0 Å². The average molecular weight is 546 g/mol. The van der Waals surface area contributed by atoms with Crippen molar-refractivity contribution in [3.05, 3.63) is 0 Å². The standard InChI is InChI=1S/C20H34O17/c21-1-6-9(24)13(28)19(33-6)37-16-11(26)7(2-22)34-20(16)36-15-5(23)3-32-18(14(15)29)35-8-4-31-17(30)12(27)10(8)25/h5-30H,1-4H2/t5-,6+,7+,8-,9+,10+,11+,12-,13-,14-,15+,16-,17?,18+,19+,20+/m1/s1. The maximum absolute atomic E-state index is 10.8. The molecule has 17 nitrogen and oxygen atoms in total. The first-order chi connectivity index (χ1) is 17.6. The van der Waals surface area contributed by atoms with E-state index in [-0.39, 0.29) is 6.61 Å². The van der Waals surface area contributed by atoms with Crippen molar-refractivity contribution in [3.63, 3.8) is 0 Å². The van der Waals surface area contributed by atoms with Crippen LogP contribution in [0.1, 0.15) is 0 Å². The molecule has 1 unspecified atom stereocenters. The third-order valence-electron chi connectivity index (χ3n) is 6.74. The fourth-order valence-corrected chi connectivity index (χ4v) is 4.53. The van der Waals surface area contributed by atoms with E-state index in [1.165, 1.54) is 0 Å². The SMILES string of the molecule is OC[C@@H]1O[C@@H](O[C@H]2[C@H](O[C@@H]3[C@@H](O)[C@H](O[C@@H]4COC(O)[C@H](O)[C@H]4O)OC[C@H]3O)O[C@@H](CO)[C@@H]2O)[C@H](O)[C@H]1O. The van der Waals surface area contributed by atoms with Crippen molar-refractivity contribution in [2.24, 2.45) is 0 Å². The van der Waals surface area contributed by atoms with Gasteiger partial charge in [-0.1, -0.05) is 0 Å². The highest BCUT2D eigenvalue weighted by atomic mass is 16.8. The van der Waals surface area contributed by atoms with Crippen molar-refractivity contribution in [2.45, 2.75) is 98.4 Å². The van der Waals surface area contributed by atoms with Crippen LogP contribution in [0.2, 0.25) is 0 Å². The summed E-state index contributed by atoms with van der Waals surface area (Å²) < 4.78 is 37.6. The van der Waals surface area contributed by atoms with Crippen LogP contribution < -0.4 is 0 Å². The minimum Gasteiger partial charge on any atom is -0.394 e. The Labute approximate surface area is 209 Å². The number of ether oxygens (including phenoxy) is 7. The van der Waals surface area contributed by atoms with Gasteiger partial charge in [-0.15, -0.1) is 0 Å². The van der Waals surface area contributed by atoms with Crippen molar-refractivity contribution >= 4 is 0 Å². The lowest BCUT2D eigenvalue weighted by atomic mass is 10.0. The van der Waals surface area contributed by atoms with Crippen molar-refractivity contribution in [2.75, 3.05) is 26.4 Å². The molecule has 216 valence electrons. The van der Waals surface area contributed by atoms with Gasteiger partial charge in [0.15, 0.2) is 25.2 Å². The summed E-state index contributed by atoms with van der Waals surface area (Å²) in [5, 5.41) is 100. The molecule has 0 aromatic rings. The molecule has 0 aromatic heterocycles. The second kappa shape index (κ2) is 12.2. The second-order valence-corrected chi connectivity index (χ2v) is 9.26. The van der Waals surface area contributed by atoms with E-state index >= 15 is 0 Å². The van der Waals surface area contributed by atoms with Gasteiger partial charge in [0.05, 0.1) is 26.4 Å². The van der Waals surface area contributed by atoms with Gasteiger partial charge in [0.25, 0.3) is 0 Å². The van der Waals surface area contributed by atoms with E-state index in [4.69, 9.17) is 33.2 Å². The van der Waals surface area contributed by atoms with Gasteiger partial charge in [-0.3, -0.25) is 0 Å². The zero-order chi connectivity index (χ0) is 27.0. The molecule has 16 atom stereocenters. The summed E-state index contributed by atoms with van der Waals surface area (Å²) in [5.74, 6) is 0. The predicted octanol–water partition coefficient (Wildman–Crippen LogP) is -7.19. The molecule has 4 aliphatic heterocycles. The van der Waals surface area contributed by atoms with Gasteiger partial charge in [0.1, 0.15) is 73.2 Å². The lowest BCUT2D eigenvalue weighted by Crippen LogP contribution is -2.60. The zero-order valence-electron chi connectivity index (χ0n) is 19.4. The molecule has 0 bridgehead atoms. The van der Waals surface area contributed by atoms with Crippen LogP contribution in [-0.4, -0.2) is 176 Å². The summed E-state index contributed by atoms with van der Waals surface area (Å²) in [7, 11) is 0. The van der Waals surface area contributed by atoms with Crippen molar-refractivity contribution in [3.8, 4) is 0 Å². The summed E-state index contributed by atoms with van der Waals surface area (Å²) in [6.45, 7) is -2.06. The van der Waals surface area contributed by atoms with Crippen LogP contribution in [0.5, 0.6) is 0 Å². The molecule has 10 N–H and O–H groups in total. The Kier molecular flexibility index (Phi) is 9.69. The van der Waals surface area contributed by atoms with Crippen LogP contribution in [0.3, 0.4) is 0 Å². The van der Waals surface area contributed by atoms with Gasteiger partial charge in [-0.2, -0.15) is 0 Å². The lowest BCUT2D eigenvalue weighted by Gasteiger charge is -2.42. The molecule has 0 amide bonds. The zero-order valence-corrected chi connectivity index (χ0v) is 19.4. The highest BCUT2D eigenvalue weighted by Crippen LogP contribution is 2.33. The highest BCUT2D eigenvalue weighted by Gasteiger charge is 2.53. The van der Waals surface area contributed by atoms with Crippen molar-refractivity contribution in [1.29, 1.82) is 0 Å². The number of hydrogen-bond donors (Lipinski definition) is 10. The maximum atomic E-state index is 10.8. The Balaban J connectivity index is 1.43. The molecule has 4 saturated heterocycles. The third-order valence-corrected chi connectivity index (χ3v) is 6.74. The van der Waals surface area contributed by atoms with Crippen molar-refractivity contribution in [1.82, 2.24) is 0 Å². The highest BCUT2D eigenvalue weighted by molar-refractivity contribution is 4.94. The van der Waals surface area contributed by atoms with Gasteiger partial charge in [-0.25, -0.2) is 0 Å². The van der Waals surface area contributed by atoms with E-state index in [0.29, 0.717) is 0 Å². The summed E-state index contributed by atoms with van der Waals surface area (Å²) >= 11 is 0. The predicted molar refractivity (Wildman–Crippen MR) is 110 cm³/mol. The maximum Gasteiger partial charge on any atom is 0.187 e. The number of rotatable bonds is 8. The summed E-state index contributed by atoms with van der Waals surface area (Å²) in [6, 6.07) is 0. The van der Waals surface area contributed by atoms with Crippen LogP contribution in [0.25, 0.3) is 0 Å². The Morgan fingerprint density at radius 1 is 0.541 bits per heavy atom. The average Bonchev–Trinajstić information content (AvgIpc) is 3.33. The molecule has 4 heterocycles. The Morgan fingerprint density at radius 2 is 1.16 bits per heavy atom. The molecule has 17 heteroatoms. The molecule has 0 saturated carbocycles. The number of aliphatic hydroxyl groups excluding tert-OH is 10. The third kappa shape index (κ3) is 5.93. The van der Waals surface area contributed by atoms with Crippen molar-refractivity contribution < 1.29 is 84.2 Å². The molecular formula is C20H34O17. The number of aliphatic hydroxyl groups is 10. The number of hydrogen-bond acceptors (Lipinski definition) is 17. The Bertz CT molecular complexity index is 731. The van der Waals surface area contributed by atoms with Crippen LogP contribution in [-0.2, 0) is 33.2 Å². The van der Waals surface area contributed by atoms with Gasteiger partial charge >= 0.3 is 0 Å². The molecule has 4 aliphatic rings. The van der Waals surface area contributed by atoms with Crippen LogP contribution in [0.4, 0.5) is 0 Å². The van der Waals surface area contributed by atoms with Crippen LogP contribution in [0.15, 0.2) is 0 Å². The van der Waals surface area contributed by atoms with Crippen LogP contribution in [0, 0.1) is 0 Å². The van der Waals surface area contributed by atoms with E-state index in [1.807, 2.05) is 0 Å². The molecule has 4 fully saturated rings. The quantitative estimate of drug-likeness (QED) is 0.135. The molecule has 0 radical (unpaired) electrons. The smallest absolute Gasteiger partial charge is 0.187 e. The molecule has 37 heavy (non-hydrogen) atoms. The first-order valence-corrected chi connectivity index (χ1v) is 11.7. The molecule has 4 rings (SSSR count). The normalized spacial score (nSPS) is 53.0. The second-order valence-electron chi connectivity index (χ2n) is 9.26. The fourth-order valence-electron chi connectivity index (χ4n) is 4.53. The molecule has 0 spiro atoms. The lowest BCUT2D eigenvalue weighted by molar-refractivity contribution is -0.342. The summed E-state index contributed by atoms with van der Waals surface area (Å²) in [4.78, 5) is 0. The Morgan fingerprint density at radius 3 is 1.81 bits per heavy atom. The summed E-state index contributed by atoms with van der Waals surface area (Å²) in [6.07, 6.45) is -23.8. The monoisotopic (exact) mass is 546 g/mol. The first-order valence-electron chi connectivity index (χ1n) is 11.7. The minimum absolute atomic E-state index is 0.351. The molecular weight excluding hydrogens is 512 g/mol. The fraction of sp³-hybridized carbons (Fsp3) is 1.00. The van der Waals surface area contributed by atoms with E-state index < -0.39 is 118 Å². The largest absolute Gasteiger partial charge is 0.394 e. The summed E-state index contributed by atoms with van der Waals surface area (Å²) in [5.41, 5.74) is 0. The van der Waals surface area contributed by atoms with Crippen LogP contribution >= 0.6 is 0 Å². The topological polar surface area (TPSA) is 267 Å². The van der Waals surface area contributed by atoms with E-state index in [1.54, 1.807) is 0 Å².